The number of carbonyl (C=O) groups is 1. The van der Waals surface area contributed by atoms with Gasteiger partial charge in [0.15, 0.2) is 0 Å². The molecule has 1 amide bonds. The van der Waals surface area contributed by atoms with E-state index >= 15 is 0 Å². The molecule has 0 bridgehead atoms. The molecule has 0 heterocycles. The Morgan fingerprint density at radius 1 is 1.56 bits per heavy atom. The van der Waals surface area contributed by atoms with Crippen LogP contribution in [-0.4, -0.2) is 19.6 Å². The SMILES string of the molecule is COc1cc(Cl)c(C)cc1NC(=O)C(C)CN.Cl. The maximum Gasteiger partial charge on any atom is 0.228 e. The zero-order valence-corrected chi connectivity index (χ0v) is 12.2. The summed E-state index contributed by atoms with van der Waals surface area (Å²) in [6.07, 6.45) is 0. The van der Waals surface area contributed by atoms with Crippen LogP contribution in [0.1, 0.15) is 12.5 Å². The van der Waals surface area contributed by atoms with Crippen LogP contribution >= 0.6 is 24.0 Å². The summed E-state index contributed by atoms with van der Waals surface area (Å²) in [5.41, 5.74) is 6.93. The van der Waals surface area contributed by atoms with Crippen LogP contribution in [0, 0.1) is 12.8 Å². The van der Waals surface area contributed by atoms with Crippen LogP contribution in [-0.2, 0) is 4.79 Å². The summed E-state index contributed by atoms with van der Waals surface area (Å²) < 4.78 is 5.17. The van der Waals surface area contributed by atoms with E-state index in [9.17, 15) is 4.79 Å². The van der Waals surface area contributed by atoms with Crippen LogP contribution in [0.5, 0.6) is 5.75 Å². The molecule has 6 heteroatoms. The molecular weight excluding hydrogens is 275 g/mol. The van der Waals surface area contributed by atoms with Crippen molar-refractivity contribution in [3.63, 3.8) is 0 Å². The van der Waals surface area contributed by atoms with Crippen LogP contribution in [0.25, 0.3) is 0 Å². The fourth-order valence-corrected chi connectivity index (χ4v) is 1.45. The van der Waals surface area contributed by atoms with Gasteiger partial charge < -0.3 is 15.8 Å². The summed E-state index contributed by atoms with van der Waals surface area (Å²) in [6, 6.07) is 3.46. The summed E-state index contributed by atoms with van der Waals surface area (Å²) in [4.78, 5) is 11.7. The molecule has 0 saturated carbocycles. The highest BCUT2D eigenvalue weighted by Gasteiger charge is 2.14. The number of carbonyl (C=O) groups excluding carboxylic acids is 1. The van der Waals surface area contributed by atoms with Crippen molar-refractivity contribution in [2.75, 3.05) is 19.0 Å². The van der Waals surface area contributed by atoms with E-state index < -0.39 is 0 Å². The number of hydrogen-bond donors (Lipinski definition) is 2. The zero-order valence-electron chi connectivity index (χ0n) is 10.6. The molecule has 0 fully saturated rings. The third-order valence-corrected chi connectivity index (χ3v) is 2.95. The molecule has 0 radical (unpaired) electrons. The smallest absolute Gasteiger partial charge is 0.228 e. The van der Waals surface area contributed by atoms with Gasteiger partial charge in [0.05, 0.1) is 12.8 Å². The molecule has 1 atom stereocenters. The second-order valence-corrected chi connectivity index (χ2v) is 4.33. The van der Waals surface area contributed by atoms with E-state index in [0.29, 0.717) is 23.0 Å². The minimum absolute atomic E-state index is 0. The lowest BCUT2D eigenvalue weighted by atomic mass is 10.1. The van der Waals surface area contributed by atoms with E-state index in [1.54, 1.807) is 19.1 Å². The van der Waals surface area contributed by atoms with Gasteiger partial charge in [0.25, 0.3) is 0 Å². The van der Waals surface area contributed by atoms with E-state index in [1.807, 2.05) is 6.92 Å². The fourth-order valence-electron chi connectivity index (χ4n) is 1.29. The van der Waals surface area contributed by atoms with Gasteiger partial charge >= 0.3 is 0 Å². The van der Waals surface area contributed by atoms with Gasteiger partial charge in [-0.15, -0.1) is 12.4 Å². The van der Waals surface area contributed by atoms with Crippen LogP contribution in [0.2, 0.25) is 5.02 Å². The van der Waals surface area contributed by atoms with E-state index in [2.05, 4.69) is 5.32 Å². The number of benzene rings is 1. The van der Waals surface area contributed by atoms with Gasteiger partial charge in [-0.05, 0) is 18.6 Å². The molecule has 0 spiro atoms. The first-order valence-electron chi connectivity index (χ1n) is 5.34. The third-order valence-electron chi connectivity index (χ3n) is 2.54. The molecule has 3 N–H and O–H groups in total. The zero-order chi connectivity index (χ0) is 13.0. The van der Waals surface area contributed by atoms with Crippen molar-refractivity contribution in [2.24, 2.45) is 11.7 Å². The Morgan fingerprint density at radius 3 is 2.67 bits per heavy atom. The van der Waals surface area contributed by atoms with Crippen LogP contribution in [0.15, 0.2) is 12.1 Å². The standard InChI is InChI=1S/C12H17ClN2O2.ClH/c1-7-4-10(11(17-3)5-9(7)13)15-12(16)8(2)6-14;/h4-5,8H,6,14H2,1-3H3,(H,15,16);1H. The Labute approximate surface area is 118 Å². The highest BCUT2D eigenvalue weighted by Crippen LogP contribution is 2.31. The molecule has 1 rings (SSSR count). The topological polar surface area (TPSA) is 64.3 Å². The number of aryl methyl sites for hydroxylation is 1. The van der Waals surface area contributed by atoms with Crippen molar-refractivity contribution < 1.29 is 9.53 Å². The van der Waals surface area contributed by atoms with E-state index in [-0.39, 0.29) is 24.2 Å². The van der Waals surface area contributed by atoms with E-state index in [4.69, 9.17) is 22.1 Å². The van der Waals surface area contributed by atoms with Crippen LogP contribution in [0.4, 0.5) is 5.69 Å². The fraction of sp³-hybridized carbons (Fsp3) is 0.417. The van der Waals surface area contributed by atoms with Crippen molar-refractivity contribution in [1.82, 2.24) is 0 Å². The summed E-state index contributed by atoms with van der Waals surface area (Å²) >= 11 is 5.98. The highest BCUT2D eigenvalue weighted by molar-refractivity contribution is 6.31. The van der Waals surface area contributed by atoms with Gasteiger partial charge in [-0.3, -0.25) is 4.79 Å². The maximum absolute atomic E-state index is 11.7. The van der Waals surface area contributed by atoms with Crippen molar-refractivity contribution in [3.05, 3.63) is 22.7 Å². The Hall–Kier alpha value is -0.970. The molecule has 0 aliphatic carbocycles. The first kappa shape index (κ1) is 17.0. The Kier molecular flexibility index (Phi) is 7.06. The summed E-state index contributed by atoms with van der Waals surface area (Å²) in [6.45, 7) is 3.94. The van der Waals surface area contributed by atoms with Crippen molar-refractivity contribution in [1.29, 1.82) is 0 Å². The van der Waals surface area contributed by atoms with Gasteiger partial charge in [-0.2, -0.15) is 0 Å². The molecule has 102 valence electrons. The van der Waals surface area contributed by atoms with E-state index in [0.717, 1.165) is 5.56 Å². The molecule has 0 aromatic heterocycles. The first-order chi connectivity index (χ1) is 7.99. The van der Waals surface area contributed by atoms with Gasteiger partial charge in [0.1, 0.15) is 5.75 Å². The maximum atomic E-state index is 11.7. The Morgan fingerprint density at radius 2 is 2.17 bits per heavy atom. The lowest BCUT2D eigenvalue weighted by Gasteiger charge is -2.14. The van der Waals surface area contributed by atoms with Crippen molar-refractivity contribution >= 4 is 35.6 Å². The average Bonchev–Trinajstić information content (AvgIpc) is 2.32. The minimum Gasteiger partial charge on any atom is -0.495 e. The van der Waals surface area contributed by atoms with Gasteiger partial charge in [-0.25, -0.2) is 0 Å². The number of rotatable bonds is 4. The Bertz CT molecular complexity index is 425. The van der Waals surface area contributed by atoms with Crippen LogP contribution in [0.3, 0.4) is 0 Å². The number of anilines is 1. The quantitative estimate of drug-likeness (QED) is 0.897. The lowest BCUT2D eigenvalue weighted by Crippen LogP contribution is -2.26. The van der Waals surface area contributed by atoms with Gasteiger partial charge in [0, 0.05) is 23.6 Å². The predicted molar refractivity (Wildman–Crippen MR) is 76.8 cm³/mol. The molecule has 0 aliphatic rings. The van der Waals surface area contributed by atoms with Crippen LogP contribution < -0.4 is 15.8 Å². The predicted octanol–water partition coefficient (Wildman–Crippen LogP) is 2.61. The van der Waals surface area contributed by atoms with Gasteiger partial charge in [-0.1, -0.05) is 18.5 Å². The second kappa shape index (κ2) is 7.46. The number of nitrogens with one attached hydrogen (secondary N) is 1. The van der Waals surface area contributed by atoms with Crippen molar-refractivity contribution in [2.45, 2.75) is 13.8 Å². The number of halogens is 2. The Balaban J connectivity index is 0.00000289. The summed E-state index contributed by atoms with van der Waals surface area (Å²) in [7, 11) is 1.53. The number of nitrogens with two attached hydrogens (primary N) is 1. The third kappa shape index (κ3) is 4.05. The average molecular weight is 293 g/mol. The lowest BCUT2D eigenvalue weighted by molar-refractivity contribution is -0.119. The normalized spacial score (nSPS) is 11.4. The number of hydrogen-bond acceptors (Lipinski definition) is 3. The molecule has 0 aliphatic heterocycles. The summed E-state index contributed by atoms with van der Waals surface area (Å²) in [5, 5.41) is 3.38. The molecule has 1 aromatic carbocycles. The number of amides is 1. The summed E-state index contributed by atoms with van der Waals surface area (Å²) in [5.74, 6) is 0.168. The van der Waals surface area contributed by atoms with Crippen molar-refractivity contribution in [3.8, 4) is 5.75 Å². The molecule has 4 nitrogen and oxygen atoms in total. The highest BCUT2D eigenvalue weighted by atomic mass is 35.5. The minimum atomic E-state index is -0.240. The van der Waals surface area contributed by atoms with E-state index in [1.165, 1.54) is 7.11 Å². The number of methoxy groups -OCH3 is 1. The molecular formula is C12H18Cl2N2O2. The monoisotopic (exact) mass is 292 g/mol. The molecule has 0 saturated heterocycles. The molecule has 18 heavy (non-hydrogen) atoms. The number of ether oxygens (including phenoxy) is 1. The molecule has 1 unspecified atom stereocenters. The first-order valence-corrected chi connectivity index (χ1v) is 5.72. The second-order valence-electron chi connectivity index (χ2n) is 3.93. The molecule has 1 aromatic rings. The van der Waals surface area contributed by atoms with Gasteiger partial charge in [0.2, 0.25) is 5.91 Å². The largest absolute Gasteiger partial charge is 0.495 e.